The van der Waals surface area contributed by atoms with E-state index in [1.54, 1.807) is 17.7 Å². The van der Waals surface area contributed by atoms with E-state index < -0.39 is 5.97 Å². The second-order valence-electron chi connectivity index (χ2n) is 14.5. The quantitative estimate of drug-likeness (QED) is 0.139. The van der Waals surface area contributed by atoms with Crippen LogP contribution in [0.2, 0.25) is 0 Å². The average molecular weight is 634 g/mol. The molecule has 3 aliphatic heterocycles. The van der Waals surface area contributed by atoms with E-state index >= 15 is 0 Å². The van der Waals surface area contributed by atoms with E-state index in [1.807, 2.05) is 12.1 Å². The number of carbonyl (C=O) groups is 1. The van der Waals surface area contributed by atoms with E-state index in [1.165, 1.54) is 133 Å². The number of hydrogen-bond acceptors (Lipinski definition) is 4. The van der Waals surface area contributed by atoms with Crippen LogP contribution in [0.1, 0.15) is 139 Å². The lowest BCUT2D eigenvalue weighted by molar-refractivity contribution is -0.137. The van der Waals surface area contributed by atoms with Crippen molar-refractivity contribution in [2.75, 3.05) is 49.6 Å². The van der Waals surface area contributed by atoms with E-state index in [0.717, 1.165) is 25.9 Å². The molecule has 3 aliphatic rings. The summed E-state index contributed by atoms with van der Waals surface area (Å²) in [5.41, 5.74) is 5.83. The van der Waals surface area contributed by atoms with Crippen LogP contribution in [0, 0.1) is 5.82 Å². The molecule has 0 aliphatic carbocycles. The fourth-order valence-corrected chi connectivity index (χ4v) is 8.56. The van der Waals surface area contributed by atoms with Gasteiger partial charge in [0.2, 0.25) is 0 Å². The Kier molecular flexibility index (Phi) is 13.6. The summed E-state index contributed by atoms with van der Waals surface area (Å²) in [6.45, 7) is 5.82. The molecule has 1 unspecified atom stereocenters. The highest BCUT2D eigenvalue weighted by Crippen LogP contribution is 2.50. The topological polar surface area (TPSA) is 47.0 Å². The second-order valence-corrected chi connectivity index (χ2v) is 14.5. The summed E-state index contributed by atoms with van der Waals surface area (Å²) < 4.78 is 13.7. The van der Waals surface area contributed by atoms with Crippen LogP contribution >= 0.6 is 0 Å². The van der Waals surface area contributed by atoms with Crippen LogP contribution in [0.15, 0.2) is 42.5 Å². The van der Waals surface area contributed by atoms with Crippen LogP contribution in [-0.2, 0) is 4.79 Å². The van der Waals surface area contributed by atoms with Gasteiger partial charge in [-0.25, -0.2) is 4.39 Å². The number of unbranched alkanes of at least 4 members (excludes halogenated alkanes) is 12. The van der Waals surface area contributed by atoms with Crippen molar-refractivity contribution in [3.8, 4) is 0 Å². The number of carboxylic acid groups (broad SMARTS) is 1. The predicted molar refractivity (Wildman–Crippen MR) is 190 cm³/mol. The van der Waals surface area contributed by atoms with Crippen molar-refractivity contribution in [1.29, 1.82) is 0 Å². The molecule has 2 aromatic carbocycles. The molecule has 2 aromatic rings. The number of anilines is 2. The third kappa shape index (κ3) is 9.71. The maximum Gasteiger partial charge on any atom is 0.303 e. The molecule has 0 spiro atoms. The number of halogens is 1. The number of rotatable bonds is 21. The predicted octanol–water partition coefficient (Wildman–Crippen LogP) is 9.75. The molecule has 254 valence electrons. The Bertz CT molecular complexity index is 1200. The number of hydrogen-bond donors (Lipinski definition) is 1. The lowest BCUT2D eigenvalue weighted by Crippen LogP contribution is -2.49. The Hall–Kier alpha value is -2.60. The van der Waals surface area contributed by atoms with Gasteiger partial charge in [-0.15, -0.1) is 0 Å². The normalized spacial score (nSPS) is 19.7. The number of carboxylic acids is 1. The van der Waals surface area contributed by atoms with Crippen molar-refractivity contribution in [2.45, 2.75) is 133 Å². The number of nitrogens with zero attached hydrogens (tertiary/aromatic N) is 3. The molecular weight excluding hydrogens is 573 g/mol. The Balaban J connectivity index is 0.975. The molecule has 6 heteroatoms. The third-order valence-corrected chi connectivity index (χ3v) is 11.2. The van der Waals surface area contributed by atoms with E-state index in [4.69, 9.17) is 5.11 Å². The molecule has 0 radical (unpaired) electrons. The van der Waals surface area contributed by atoms with Gasteiger partial charge in [0.15, 0.2) is 0 Å². The van der Waals surface area contributed by atoms with Gasteiger partial charge in [0.05, 0.1) is 11.4 Å². The van der Waals surface area contributed by atoms with Crippen molar-refractivity contribution in [3.63, 3.8) is 0 Å². The fraction of sp³-hybridized carbons (Fsp3) is 0.675. The second kappa shape index (κ2) is 18.1. The molecule has 46 heavy (non-hydrogen) atoms. The SMILES string of the molecule is CN1CCN2c3c(cccc31)[C@@H]1CN(CCCC(CCCCCCCCCCCCCCCC(=O)O)c3ccc(F)cc3)CC[C@@H]12. The van der Waals surface area contributed by atoms with Crippen LogP contribution in [0.4, 0.5) is 15.8 Å². The third-order valence-electron chi connectivity index (χ3n) is 11.2. The Morgan fingerprint density at radius 2 is 1.43 bits per heavy atom. The molecule has 1 fully saturated rings. The highest BCUT2D eigenvalue weighted by Gasteiger charge is 2.44. The Morgan fingerprint density at radius 1 is 0.804 bits per heavy atom. The highest BCUT2D eigenvalue weighted by molar-refractivity contribution is 5.80. The maximum absolute atomic E-state index is 13.7. The summed E-state index contributed by atoms with van der Waals surface area (Å²) >= 11 is 0. The summed E-state index contributed by atoms with van der Waals surface area (Å²) in [6, 6.07) is 15.0. The average Bonchev–Trinajstić information content (AvgIpc) is 3.38. The van der Waals surface area contributed by atoms with Crippen LogP contribution in [-0.4, -0.2) is 61.8 Å². The van der Waals surface area contributed by atoms with Crippen molar-refractivity contribution in [3.05, 3.63) is 59.4 Å². The number of para-hydroxylation sites is 1. The molecule has 0 amide bonds. The van der Waals surface area contributed by atoms with Crippen LogP contribution < -0.4 is 9.80 Å². The number of benzene rings is 2. The monoisotopic (exact) mass is 633 g/mol. The standard InChI is InChI=1S/C40H60FN3O2/c1-42-29-30-44-37-26-28-43(31-36(37)35-19-15-20-38(42)40(35)44)27-16-18-32(33-22-24-34(41)25-23-33)17-13-11-9-7-5-3-2-4-6-8-10-12-14-21-39(45)46/h15,19-20,22-25,32,36-37H,2-14,16-18,21,26-31H2,1H3,(H,45,46)/t32?,36-,37-/m0/s1. The molecular formula is C40H60FN3O2. The molecule has 5 nitrogen and oxygen atoms in total. The number of likely N-dealkylation sites (N-methyl/N-ethyl adjacent to an activating group) is 1. The summed E-state index contributed by atoms with van der Waals surface area (Å²) in [6.07, 6.45) is 21.4. The first kappa shape index (κ1) is 34.7. The molecule has 0 aromatic heterocycles. The van der Waals surface area contributed by atoms with Crippen molar-refractivity contribution < 1.29 is 14.3 Å². The zero-order valence-corrected chi connectivity index (χ0v) is 28.6. The van der Waals surface area contributed by atoms with Crippen molar-refractivity contribution in [1.82, 2.24) is 4.90 Å². The summed E-state index contributed by atoms with van der Waals surface area (Å²) in [4.78, 5) is 18.5. The lowest BCUT2D eigenvalue weighted by atomic mass is 9.87. The molecule has 5 rings (SSSR count). The zero-order valence-electron chi connectivity index (χ0n) is 28.6. The minimum Gasteiger partial charge on any atom is -0.481 e. The first-order valence-electron chi connectivity index (χ1n) is 18.8. The van der Waals surface area contributed by atoms with Gasteiger partial charge in [0.1, 0.15) is 5.82 Å². The van der Waals surface area contributed by atoms with Gasteiger partial charge in [-0.2, -0.15) is 0 Å². The summed E-state index contributed by atoms with van der Waals surface area (Å²) in [5, 5.41) is 8.71. The van der Waals surface area contributed by atoms with Crippen LogP contribution in [0.25, 0.3) is 0 Å². The molecule has 0 bridgehead atoms. The van der Waals surface area contributed by atoms with Gasteiger partial charge >= 0.3 is 5.97 Å². The van der Waals surface area contributed by atoms with E-state index in [9.17, 15) is 9.18 Å². The number of aliphatic carboxylic acids is 1. The van der Waals surface area contributed by atoms with Gasteiger partial charge in [0, 0.05) is 51.6 Å². The number of piperidine rings is 1. The Labute approximate surface area is 278 Å². The summed E-state index contributed by atoms with van der Waals surface area (Å²) in [5.74, 6) is 0.353. The van der Waals surface area contributed by atoms with Gasteiger partial charge in [-0.05, 0) is 73.9 Å². The molecule has 0 saturated carbocycles. The van der Waals surface area contributed by atoms with E-state index in [0.29, 0.717) is 24.3 Å². The first-order valence-corrected chi connectivity index (χ1v) is 18.8. The minimum atomic E-state index is -0.668. The Morgan fingerprint density at radius 3 is 2.11 bits per heavy atom. The summed E-state index contributed by atoms with van der Waals surface area (Å²) in [7, 11) is 2.24. The van der Waals surface area contributed by atoms with Gasteiger partial charge in [0.25, 0.3) is 0 Å². The van der Waals surface area contributed by atoms with Crippen LogP contribution in [0.5, 0.6) is 0 Å². The maximum atomic E-state index is 13.7. The fourth-order valence-electron chi connectivity index (χ4n) is 8.56. The number of likely N-dealkylation sites (tertiary alicyclic amines) is 1. The molecule has 3 heterocycles. The molecule has 3 atom stereocenters. The lowest BCUT2D eigenvalue weighted by Gasteiger charge is -2.41. The van der Waals surface area contributed by atoms with Crippen LogP contribution in [0.3, 0.4) is 0 Å². The minimum absolute atomic E-state index is 0.134. The smallest absolute Gasteiger partial charge is 0.303 e. The van der Waals surface area contributed by atoms with E-state index in [-0.39, 0.29) is 5.82 Å². The van der Waals surface area contributed by atoms with Gasteiger partial charge in [-0.3, -0.25) is 4.79 Å². The number of fused-ring (bicyclic) bond motifs is 3. The largest absolute Gasteiger partial charge is 0.481 e. The molecule has 1 N–H and O–H groups in total. The van der Waals surface area contributed by atoms with Gasteiger partial charge in [-0.1, -0.05) is 101 Å². The molecule has 1 saturated heterocycles. The van der Waals surface area contributed by atoms with Crippen molar-refractivity contribution >= 4 is 17.3 Å². The van der Waals surface area contributed by atoms with Crippen molar-refractivity contribution in [2.24, 2.45) is 0 Å². The van der Waals surface area contributed by atoms with E-state index in [2.05, 4.69) is 39.9 Å². The highest BCUT2D eigenvalue weighted by atomic mass is 19.1. The first-order chi connectivity index (χ1) is 22.5. The van der Waals surface area contributed by atoms with Gasteiger partial charge < -0.3 is 19.8 Å². The zero-order chi connectivity index (χ0) is 32.1.